The Bertz CT molecular complexity index is 1120. The minimum absolute atomic E-state index is 0.167. The van der Waals surface area contributed by atoms with Gasteiger partial charge in [-0.25, -0.2) is 0 Å². The van der Waals surface area contributed by atoms with Crippen molar-refractivity contribution in [3.8, 4) is 23.3 Å². The van der Waals surface area contributed by atoms with Crippen molar-refractivity contribution in [1.82, 2.24) is 4.98 Å². The van der Waals surface area contributed by atoms with E-state index in [0.29, 0.717) is 11.8 Å². The van der Waals surface area contributed by atoms with Gasteiger partial charge in [0.25, 0.3) is 0 Å². The first kappa shape index (κ1) is 39.4. The van der Waals surface area contributed by atoms with Crippen molar-refractivity contribution < 1.29 is 9.47 Å². The normalized spacial score (nSPS) is 8.66. The number of benzene rings is 3. The Labute approximate surface area is 254 Å². The molecule has 0 fully saturated rings. The second kappa shape index (κ2) is 25.2. The van der Waals surface area contributed by atoms with E-state index in [2.05, 4.69) is 12.1 Å². The molecule has 0 aliphatic carbocycles. The molecule has 0 unspecified atom stereocenters. The van der Waals surface area contributed by atoms with E-state index in [4.69, 9.17) is 25.6 Å². The van der Waals surface area contributed by atoms with Crippen LogP contribution in [0.1, 0.15) is 73.4 Å². The predicted molar refractivity (Wildman–Crippen MR) is 180 cm³/mol. The third-order valence-electron chi connectivity index (χ3n) is 4.40. The molecule has 0 amide bonds. The summed E-state index contributed by atoms with van der Waals surface area (Å²) in [6.45, 7) is 21.6. The molecule has 0 saturated heterocycles. The van der Waals surface area contributed by atoms with Crippen molar-refractivity contribution in [3.05, 3.63) is 102 Å². The van der Waals surface area contributed by atoms with Gasteiger partial charge in [-0.05, 0) is 57.2 Å². The molecular formula is C35H51N3O2S. The van der Waals surface area contributed by atoms with Crippen LogP contribution in [0.25, 0.3) is 0 Å². The highest BCUT2D eigenvalue weighted by Crippen LogP contribution is 2.41. The fraction of sp³-hybridized carbons (Fsp3) is 0.314. The lowest BCUT2D eigenvalue weighted by atomic mass is 10.2. The number of aromatic nitrogens is 1. The summed E-state index contributed by atoms with van der Waals surface area (Å²) in [5.41, 5.74) is 6.67. The van der Waals surface area contributed by atoms with Crippen LogP contribution in [0.5, 0.6) is 23.3 Å². The van der Waals surface area contributed by atoms with Gasteiger partial charge in [0.15, 0.2) is 0 Å². The average Bonchev–Trinajstić information content (AvgIpc) is 3.03. The van der Waals surface area contributed by atoms with Gasteiger partial charge in [0.2, 0.25) is 11.8 Å². The fourth-order valence-corrected chi connectivity index (χ4v) is 3.90. The van der Waals surface area contributed by atoms with E-state index in [1.54, 1.807) is 11.8 Å². The highest BCUT2D eigenvalue weighted by Gasteiger charge is 2.19. The quantitative estimate of drug-likeness (QED) is 0.176. The molecule has 0 spiro atoms. The molecule has 0 bridgehead atoms. The summed E-state index contributed by atoms with van der Waals surface area (Å²) in [5.74, 6) is 2.75. The maximum atomic E-state index is 6.28. The first-order chi connectivity index (χ1) is 19.9. The number of para-hydroxylation sites is 2. The number of rotatable bonds is 6. The highest BCUT2D eigenvalue weighted by atomic mass is 32.2. The van der Waals surface area contributed by atoms with Gasteiger partial charge in [-0.15, -0.1) is 0 Å². The third kappa shape index (κ3) is 15.6. The number of nitrogens with zero attached hydrogens (tertiary/aromatic N) is 1. The van der Waals surface area contributed by atoms with E-state index < -0.39 is 0 Å². The molecule has 0 atom stereocenters. The van der Waals surface area contributed by atoms with Crippen LogP contribution in [0.3, 0.4) is 0 Å². The van der Waals surface area contributed by atoms with Crippen LogP contribution in [-0.2, 0) is 0 Å². The van der Waals surface area contributed by atoms with E-state index in [9.17, 15) is 0 Å². The largest absolute Gasteiger partial charge is 0.439 e. The Balaban J connectivity index is 0. The molecule has 0 aliphatic rings. The minimum atomic E-state index is 0.167. The molecule has 1 aromatic heterocycles. The Morgan fingerprint density at radius 3 is 1.22 bits per heavy atom. The van der Waals surface area contributed by atoms with Crippen molar-refractivity contribution in [1.29, 1.82) is 5.41 Å². The van der Waals surface area contributed by atoms with Gasteiger partial charge in [-0.1, -0.05) is 122 Å². The number of hydrogen-bond acceptors (Lipinski definition) is 5. The number of pyridine rings is 1. The van der Waals surface area contributed by atoms with Crippen LogP contribution in [0.2, 0.25) is 0 Å². The second-order valence-electron chi connectivity index (χ2n) is 7.23. The molecule has 0 saturated carbocycles. The Hall–Kier alpha value is -3.77. The monoisotopic (exact) mass is 577 g/mol. The summed E-state index contributed by atoms with van der Waals surface area (Å²) in [6.07, 6.45) is 0. The molecule has 41 heavy (non-hydrogen) atoms. The van der Waals surface area contributed by atoms with Crippen molar-refractivity contribution in [2.75, 3.05) is 0 Å². The lowest BCUT2D eigenvalue weighted by Gasteiger charge is -2.17. The molecule has 5 nitrogen and oxygen atoms in total. The van der Waals surface area contributed by atoms with Gasteiger partial charge >= 0.3 is 0 Å². The van der Waals surface area contributed by atoms with Crippen molar-refractivity contribution in [2.24, 2.45) is 5.73 Å². The molecule has 4 aromatic rings. The van der Waals surface area contributed by atoms with E-state index in [1.807, 2.05) is 148 Å². The lowest BCUT2D eigenvalue weighted by molar-refractivity contribution is 0.417. The molecule has 3 N–H and O–H groups in total. The van der Waals surface area contributed by atoms with E-state index >= 15 is 0 Å². The van der Waals surface area contributed by atoms with Gasteiger partial charge in [0.1, 0.15) is 11.5 Å². The van der Waals surface area contributed by atoms with Gasteiger partial charge in [-0.2, -0.15) is 4.98 Å². The van der Waals surface area contributed by atoms with Crippen LogP contribution in [0, 0.1) is 19.3 Å². The Morgan fingerprint density at radius 2 is 0.902 bits per heavy atom. The van der Waals surface area contributed by atoms with Gasteiger partial charge < -0.3 is 15.2 Å². The average molecular weight is 578 g/mol. The van der Waals surface area contributed by atoms with Crippen LogP contribution in [-0.4, -0.2) is 10.8 Å². The SMILES string of the molecule is CC.CC.CC.CC.CC(=N)N.Cc1c(Oc2ccccc2)nc(Oc2ccccc2)c(C)c1Sc1ccccc1. The number of nitrogens with one attached hydrogen (secondary N) is 1. The molecule has 4 rings (SSSR count). The van der Waals surface area contributed by atoms with Crippen molar-refractivity contribution >= 4 is 17.6 Å². The maximum Gasteiger partial charge on any atom is 0.226 e. The number of nitrogens with two attached hydrogens (primary N) is 1. The predicted octanol–water partition coefficient (Wildman–Crippen LogP) is 11.5. The first-order valence-corrected chi connectivity index (χ1v) is 15.3. The van der Waals surface area contributed by atoms with Gasteiger partial charge in [0.05, 0.1) is 5.84 Å². The summed E-state index contributed by atoms with van der Waals surface area (Å²) in [6, 6.07) is 29.7. The summed E-state index contributed by atoms with van der Waals surface area (Å²) in [5, 5.41) is 6.28. The first-order valence-electron chi connectivity index (χ1n) is 14.4. The summed E-state index contributed by atoms with van der Waals surface area (Å²) in [4.78, 5) is 6.95. The molecule has 0 aliphatic heterocycles. The lowest BCUT2D eigenvalue weighted by Crippen LogP contribution is -2.00. The number of amidine groups is 1. The number of ether oxygens (including phenoxy) is 2. The molecule has 1 heterocycles. The van der Waals surface area contributed by atoms with E-state index in [0.717, 1.165) is 32.4 Å². The molecule has 3 aromatic carbocycles. The zero-order chi connectivity index (χ0) is 31.6. The topological polar surface area (TPSA) is 81.2 Å². The van der Waals surface area contributed by atoms with Crippen LogP contribution >= 0.6 is 11.8 Å². The Kier molecular flexibility index (Phi) is 24.2. The zero-order valence-corrected chi connectivity index (χ0v) is 27.7. The van der Waals surface area contributed by atoms with Crippen molar-refractivity contribution in [2.45, 2.75) is 86.0 Å². The van der Waals surface area contributed by atoms with Crippen LogP contribution < -0.4 is 15.2 Å². The minimum Gasteiger partial charge on any atom is -0.439 e. The van der Waals surface area contributed by atoms with E-state index in [1.165, 1.54) is 6.92 Å². The molecule has 0 radical (unpaired) electrons. The van der Waals surface area contributed by atoms with E-state index in [-0.39, 0.29) is 5.84 Å². The molecular weight excluding hydrogens is 526 g/mol. The molecule has 224 valence electrons. The van der Waals surface area contributed by atoms with Crippen LogP contribution in [0.4, 0.5) is 0 Å². The van der Waals surface area contributed by atoms with Crippen molar-refractivity contribution in [3.63, 3.8) is 0 Å². The molecule has 6 heteroatoms. The smallest absolute Gasteiger partial charge is 0.226 e. The summed E-state index contributed by atoms with van der Waals surface area (Å²) in [7, 11) is 0. The summed E-state index contributed by atoms with van der Waals surface area (Å²) < 4.78 is 12.2. The van der Waals surface area contributed by atoms with Gasteiger partial charge in [-0.3, -0.25) is 5.41 Å². The Morgan fingerprint density at radius 1 is 0.610 bits per heavy atom. The zero-order valence-electron chi connectivity index (χ0n) is 26.9. The second-order valence-corrected chi connectivity index (χ2v) is 8.31. The van der Waals surface area contributed by atoms with Gasteiger partial charge in [0, 0.05) is 20.9 Å². The number of hydrogen-bond donors (Lipinski definition) is 2. The fourth-order valence-electron chi connectivity index (χ4n) is 2.89. The highest BCUT2D eigenvalue weighted by molar-refractivity contribution is 7.99. The third-order valence-corrected chi connectivity index (χ3v) is 5.73. The standard InChI is InChI=1S/C25H21NO2S.C2H6N2.4C2H6/c1-18-23(29-22-16-10-5-11-17-22)19(2)25(28-21-14-8-4-9-15-21)26-24(18)27-20-12-6-3-7-13-20;1-2(3)4;4*1-2/h3-17H,1-2H3;1H3,(H3,3,4);4*1-2H3. The maximum absolute atomic E-state index is 6.28. The summed E-state index contributed by atoms with van der Waals surface area (Å²) >= 11 is 1.69. The van der Waals surface area contributed by atoms with Crippen LogP contribution in [0.15, 0.2) is 101 Å².